The van der Waals surface area contributed by atoms with Gasteiger partial charge in [-0.2, -0.15) is 0 Å². The maximum atomic E-state index is 11.0. The maximum Gasteiger partial charge on any atom is 0.310 e. The Labute approximate surface area is 65.7 Å². The maximum absolute atomic E-state index is 11.0. The fraction of sp³-hybridized carbons (Fsp3) is 0.875. The van der Waals surface area contributed by atoms with E-state index in [-0.39, 0.29) is 12.1 Å². The van der Waals surface area contributed by atoms with Crippen molar-refractivity contribution >= 4 is 5.97 Å². The average Bonchev–Trinajstić information content (AvgIpc) is 1.82. The smallest absolute Gasteiger partial charge is 0.310 e. The van der Waals surface area contributed by atoms with Crippen LogP contribution in [0.5, 0.6) is 0 Å². The lowest BCUT2D eigenvalue weighted by Crippen LogP contribution is -2.47. The van der Waals surface area contributed by atoms with Crippen LogP contribution in [0.1, 0.15) is 32.6 Å². The second kappa shape index (κ2) is 2.21. The van der Waals surface area contributed by atoms with Gasteiger partial charge in [-0.15, -0.1) is 0 Å². The van der Waals surface area contributed by atoms with Crippen LogP contribution in [0.3, 0.4) is 0 Å². The second-order valence-corrected chi connectivity index (χ2v) is 3.44. The molecule has 62 valence electrons. The molecule has 11 heavy (non-hydrogen) atoms. The number of carbonyl (C=O) groups excluding carboxylic acids is 1. The van der Waals surface area contributed by atoms with Gasteiger partial charge < -0.3 is 9.47 Å². The number of fused-ring (bicyclic) bond motifs is 2. The molecule has 2 rings (SSSR count). The van der Waals surface area contributed by atoms with Crippen molar-refractivity contribution in [2.24, 2.45) is 0 Å². The summed E-state index contributed by atoms with van der Waals surface area (Å²) in [5.41, 5.74) is 0. The fourth-order valence-corrected chi connectivity index (χ4v) is 1.81. The molecular weight excluding hydrogens is 144 g/mol. The van der Waals surface area contributed by atoms with Crippen LogP contribution in [0.25, 0.3) is 0 Å². The van der Waals surface area contributed by atoms with Crippen LogP contribution in [-0.2, 0) is 14.3 Å². The van der Waals surface area contributed by atoms with Gasteiger partial charge in [-0.25, -0.2) is 0 Å². The van der Waals surface area contributed by atoms with E-state index in [0.717, 1.165) is 19.3 Å². The van der Waals surface area contributed by atoms with Crippen LogP contribution < -0.4 is 0 Å². The first-order chi connectivity index (χ1) is 5.18. The van der Waals surface area contributed by atoms with Crippen LogP contribution in [0, 0.1) is 0 Å². The predicted molar refractivity (Wildman–Crippen MR) is 37.8 cm³/mol. The van der Waals surface area contributed by atoms with Crippen molar-refractivity contribution in [3.63, 3.8) is 0 Å². The van der Waals surface area contributed by atoms with E-state index in [1.807, 2.05) is 6.92 Å². The molecule has 0 radical (unpaired) electrons. The zero-order chi connectivity index (χ0) is 7.90. The predicted octanol–water partition coefficient (Wildman–Crippen LogP) is 1.22. The highest BCUT2D eigenvalue weighted by atomic mass is 16.7. The van der Waals surface area contributed by atoms with Gasteiger partial charge in [0.1, 0.15) is 0 Å². The quantitative estimate of drug-likeness (QED) is 0.495. The molecule has 2 heterocycles. The van der Waals surface area contributed by atoms with Crippen LogP contribution >= 0.6 is 0 Å². The van der Waals surface area contributed by atoms with E-state index in [0.29, 0.717) is 6.42 Å². The van der Waals surface area contributed by atoms with Crippen LogP contribution in [0.2, 0.25) is 0 Å². The first kappa shape index (κ1) is 7.10. The topological polar surface area (TPSA) is 35.5 Å². The number of ether oxygens (including phenoxy) is 2. The monoisotopic (exact) mass is 156 g/mol. The number of rotatable bonds is 0. The summed E-state index contributed by atoms with van der Waals surface area (Å²) in [6, 6.07) is 0. The summed E-state index contributed by atoms with van der Waals surface area (Å²) in [5, 5.41) is 0. The molecule has 2 saturated heterocycles. The van der Waals surface area contributed by atoms with E-state index < -0.39 is 5.79 Å². The summed E-state index contributed by atoms with van der Waals surface area (Å²) in [4.78, 5) is 11.0. The molecule has 2 aliphatic rings. The van der Waals surface area contributed by atoms with Crippen LogP contribution in [-0.4, -0.2) is 17.9 Å². The molecule has 2 bridgehead atoms. The summed E-state index contributed by atoms with van der Waals surface area (Å²) in [7, 11) is 0. The minimum atomic E-state index is -0.599. The molecule has 2 aliphatic heterocycles. The standard InChI is InChI=1S/C8H12O3/c1-8-4-2-3-6(10-8)5-7(9)11-8/h6H,2-5H2,1H3. The van der Waals surface area contributed by atoms with Gasteiger partial charge in [0.2, 0.25) is 5.79 Å². The van der Waals surface area contributed by atoms with Gasteiger partial charge in [0.05, 0.1) is 12.5 Å². The van der Waals surface area contributed by atoms with Crippen molar-refractivity contribution in [2.75, 3.05) is 0 Å². The Kier molecular flexibility index (Phi) is 1.42. The molecule has 0 aromatic heterocycles. The number of carbonyl (C=O) groups is 1. The average molecular weight is 156 g/mol. The summed E-state index contributed by atoms with van der Waals surface area (Å²) >= 11 is 0. The lowest BCUT2D eigenvalue weighted by Gasteiger charge is -2.41. The van der Waals surface area contributed by atoms with Crippen molar-refractivity contribution < 1.29 is 14.3 Å². The van der Waals surface area contributed by atoms with Crippen molar-refractivity contribution in [3.05, 3.63) is 0 Å². The Morgan fingerprint density at radius 2 is 2.45 bits per heavy atom. The molecule has 2 atom stereocenters. The molecule has 0 saturated carbocycles. The summed E-state index contributed by atoms with van der Waals surface area (Å²) in [6.45, 7) is 1.84. The third-order valence-electron chi connectivity index (χ3n) is 2.30. The zero-order valence-electron chi connectivity index (χ0n) is 6.63. The molecule has 0 aliphatic carbocycles. The van der Waals surface area contributed by atoms with E-state index in [4.69, 9.17) is 9.47 Å². The molecule has 0 aromatic carbocycles. The highest BCUT2D eigenvalue weighted by molar-refractivity contribution is 5.71. The van der Waals surface area contributed by atoms with Gasteiger partial charge in [-0.1, -0.05) is 0 Å². The van der Waals surface area contributed by atoms with Crippen LogP contribution in [0.4, 0.5) is 0 Å². The van der Waals surface area contributed by atoms with Gasteiger partial charge in [0.15, 0.2) is 0 Å². The van der Waals surface area contributed by atoms with Gasteiger partial charge in [0.25, 0.3) is 0 Å². The van der Waals surface area contributed by atoms with E-state index in [1.165, 1.54) is 0 Å². The first-order valence-corrected chi connectivity index (χ1v) is 4.08. The molecule has 0 amide bonds. The van der Waals surface area contributed by atoms with Crippen molar-refractivity contribution in [2.45, 2.75) is 44.5 Å². The summed E-state index contributed by atoms with van der Waals surface area (Å²) in [6.07, 6.45) is 3.51. The highest BCUT2D eigenvalue weighted by Gasteiger charge is 2.41. The third kappa shape index (κ3) is 1.25. The Bertz CT molecular complexity index is 190. The largest absolute Gasteiger partial charge is 0.433 e. The second-order valence-electron chi connectivity index (χ2n) is 3.44. The van der Waals surface area contributed by atoms with Gasteiger partial charge in [-0.3, -0.25) is 4.79 Å². The Morgan fingerprint density at radius 3 is 3.18 bits per heavy atom. The molecule has 3 nitrogen and oxygen atoms in total. The zero-order valence-corrected chi connectivity index (χ0v) is 6.63. The summed E-state index contributed by atoms with van der Waals surface area (Å²) in [5.74, 6) is -0.707. The lowest BCUT2D eigenvalue weighted by molar-refractivity contribution is -0.282. The lowest BCUT2D eigenvalue weighted by atomic mass is 9.98. The SMILES string of the molecule is CC12CCCC(CC(=O)O1)O2. The minimum Gasteiger partial charge on any atom is -0.433 e. The van der Waals surface area contributed by atoms with E-state index in [2.05, 4.69) is 0 Å². The van der Waals surface area contributed by atoms with Crippen LogP contribution in [0.15, 0.2) is 0 Å². The normalized spacial score (nSPS) is 43.4. The Hall–Kier alpha value is -0.570. The highest BCUT2D eigenvalue weighted by Crippen LogP contribution is 2.35. The number of hydrogen-bond acceptors (Lipinski definition) is 3. The Balaban J connectivity index is 2.15. The van der Waals surface area contributed by atoms with Crippen molar-refractivity contribution in [3.8, 4) is 0 Å². The first-order valence-electron chi connectivity index (χ1n) is 4.08. The molecule has 2 unspecified atom stereocenters. The van der Waals surface area contributed by atoms with Crippen molar-refractivity contribution in [1.29, 1.82) is 0 Å². The molecule has 0 spiro atoms. The van der Waals surface area contributed by atoms with Gasteiger partial charge in [0, 0.05) is 13.3 Å². The van der Waals surface area contributed by atoms with E-state index in [1.54, 1.807) is 0 Å². The molecule has 0 aromatic rings. The number of esters is 1. The molecular formula is C8H12O3. The molecule has 2 fully saturated rings. The Morgan fingerprint density at radius 1 is 1.64 bits per heavy atom. The van der Waals surface area contributed by atoms with E-state index in [9.17, 15) is 4.79 Å². The van der Waals surface area contributed by atoms with Crippen molar-refractivity contribution in [1.82, 2.24) is 0 Å². The number of hydrogen-bond donors (Lipinski definition) is 0. The molecule has 3 heteroatoms. The third-order valence-corrected chi connectivity index (χ3v) is 2.30. The fourth-order valence-electron chi connectivity index (χ4n) is 1.81. The van der Waals surface area contributed by atoms with E-state index >= 15 is 0 Å². The minimum absolute atomic E-state index is 0.108. The van der Waals surface area contributed by atoms with Gasteiger partial charge >= 0.3 is 5.97 Å². The summed E-state index contributed by atoms with van der Waals surface area (Å²) < 4.78 is 10.6. The molecule has 0 N–H and O–H groups in total. The van der Waals surface area contributed by atoms with Gasteiger partial charge in [-0.05, 0) is 12.8 Å².